The summed E-state index contributed by atoms with van der Waals surface area (Å²) >= 11 is 3.33. The first-order chi connectivity index (χ1) is 12.5. The number of nitrogen functional groups attached to an aromatic ring is 1. The number of phenols is 1. The van der Waals surface area contributed by atoms with Crippen LogP contribution in [-0.2, 0) is 6.42 Å². The Bertz CT molecular complexity index is 956. The van der Waals surface area contributed by atoms with Gasteiger partial charge in [-0.3, -0.25) is 4.79 Å². The maximum Gasteiger partial charge on any atom is 0.297 e. The molecule has 0 spiro atoms. The van der Waals surface area contributed by atoms with Gasteiger partial charge in [-0.1, -0.05) is 30.3 Å². The summed E-state index contributed by atoms with van der Waals surface area (Å²) < 4.78 is 4.89. The minimum Gasteiger partial charge on any atom is -0.506 e. The van der Waals surface area contributed by atoms with E-state index in [0.717, 1.165) is 11.1 Å². The van der Waals surface area contributed by atoms with E-state index < -0.39 is 5.91 Å². The molecule has 1 heterocycles. The molecule has 0 bridgehead atoms. The van der Waals surface area contributed by atoms with Crippen molar-refractivity contribution in [2.75, 3.05) is 5.73 Å². The van der Waals surface area contributed by atoms with E-state index in [9.17, 15) is 9.90 Å². The molecule has 0 radical (unpaired) electrons. The molecule has 1 amide bonds. The molecule has 1 aromatic heterocycles. The van der Waals surface area contributed by atoms with Gasteiger partial charge in [0.1, 0.15) is 5.75 Å². The minimum atomic E-state index is -0.668. The number of halogens is 1. The number of nitrogens with one attached hydrogen (secondary N) is 1. The first kappa shape index (κ1) is 17.6. The third kappa shape index (κ3) is 4.06. The van der Waals surface area contributed by atoms with Crippen LogP contribution in [0.2, 0.25) is 0 Å². The molecule has 0 aliphatic heterocycles. The van der Waals surface area contributed by atoms with Gasteiger partial charge in [0.25, 0.3) is 5.91 Å². The zero-order valence-electron chi connectivity index (χ0n) is 13.4. The Labute approximate surface area is 156 Å². The van der Waals surface area contributed by atoms with E-state index in [1.807, 2.05) is 36.4 Å². The van der Waals surface area contributed by atoms with E-state index in [-0.39, 0.29) is 17.3 Å². The third-order valence-corrected chi connectivity index (χ3v) is 4.11. The van der Waals surface area contributed by atoms with Crippen molar-refractivity contribution in [1.29, 1.82) is 0 Å². The Morgan fingerprint density at radius 3 is 2.73 bits per heavy atom. The monoisotopic (exact) mass is 415 g/mol. The summed E-state index contributed by atoms with van der Waals surface area (Å²) in [7, 11) is 0. The first-order valence-corrected chi connectivity index (χ1v) is 8.30. The Morgan fingerprint density at radius 2 is 2.04 bits per heavy atom. The summed E-state index contributed by atoms with van der Waals surface area (Å²) in [5, 5.41) is 20.7. The average molecular weight is 416 g/mol. The highest BCUT2D eigenvalue weighted by atomic mass is 79.9. The molecule has 0 aliphatic rings. The molecule has 0 unspecified atom stereocenters. The van der Waals surface area contributed by atoms with Gasteiger partial charge < -0.3 is 10.8 Å². The number of amides is 1. The second-order valence-electron chi connectivity index (χ2n) is 5.38. The van der Waals surface area contributed by atoms with E-state index in [4.69, 9.17) is 5.73 Å². The number of aromatic hydroxyl groups is 1. The number of aromatic nitrogens is 2. The maximum absolute atomic E-state index is 11.8. The molecule has 0 aliphatic carbocycles. The lowest BCUT2D eigenvalue weighted by molar-refractivity contribution is 0.0946. The Morgan fingerprint density at radius 1 is 1.27 bits per heavy atom. The van der Waals surface area contributed by atoms with Crippen molar-refractivity contribution in [3.8, 4) is 5.75 Å². The molecule has 3 rings (SSSR count). The van der Waals surface area contributed by atoms with E-state index >= 15 is 0 Å². The Balaban J connectivity index is 1.76. The van der Waals surface area contributed by atoms with E-state index in [0.29, 0.717) is 16.5 Å². The van der Waals surface area contributed by atoms with Crippen molar-refractivity contribution in [1.82, 2.24) is 15.7 Å². The van der Waals surface area contributed by atoms with Gasteiger partial charge in [-0.05, 0) is 55.9 Å². The summed E-state index contributed by atoms with van der Waals surface area (Å²) in [5.41, 5.74) is 10.1. The fraction of sp³-hybridized carbons (Fsp3) is 0.0588. The van der Waals surface area contributed by atoms with Gasteiger partial charge in [0.05, 0.1) is 10.7 Å². The van der Waals surface area contributed by atoms with Gasteiger partial charge in [0.15, 0.2) is 0 Å². The topological polar surface area (TPSA) is 127 Å². The van der Waals surface area contributed by atoms with Crippen molar-refractivity contribution in [3.05, 3.63) is 69.3 Å². The fourth-order valence-corrected chi connectivity index (χ4v) is 2.80. The van der Waals surface area contributed by atoms with Crippen molar-refractivity contribution >= 4 is 33.9 Å². The summed E-state index contributed by atoms with van der Waals surface area (Å²) in [4.78, 5) is 11.8. The molecule has 0 fully saturated rings. The highest BCUT2D eigenvalue weighted by Gasteiger charge is 2.15. The number of hydrazone groups is 1. The zero-order valence-corrected chi connectivity index (χ0v) is 15.0. The number of rotatable bonds is 5. The predicted octanol–water partition coefficient (Wildman–Crippen LogP) is 2.47. The SMILES string of the molecule is Nc1nonc1C(=O)N/N=C/c1cc(Cc2ccccc2)cc(Br)c1O. The predicted molar refractivity (Wildman–Crippen MR) is 98.8 cm³/mol. The van der Waals surface area contributed by atoms with Gasteiger partial charge in [-0.25, -0.2) is 10.1 Å². The maximum atomic E-state index is 11.8. The van der Waals surface area contributed by atoms with Crippen LogP contribution in [0.15, 0.2) is 56.7 Å². The number of carbonyl (C=O) groups excluding carboxylic acids is 1. The van der Waals surface area contributed by atoms with Crippen LogP contribution >= 0.6 is 15.9 Å². The number of anilines is 1. The van der Waals surface area contributed by atoms with Crippen LogP contribution in [0.25, 0.3) is 0 Å². The summed E-state index contributed by atoms with van der Waals surface area (Å²) in [6, 6.07) is 13.5. The van der Waals surface area contributed by atoms with Crippen molar-refractivity contribution in [2.24, 2.45) is 5.10 Å². The molecule has 8 nitrogen and oxygen atoms in total. The standard InChI is InChI=1S/C17H14BrN5O3/c18-13-8-11(6-10-4-2-1-3-5-10)7-12(15(13)24)9-20-21-17(25)14-16(19)23-26-22-14/h1-5,7-9,24H,6H2,(H2,19,23)(H,21,25)/b20-9+. The lowest BCUT2D eigenvalue weighted by Gasteiger charge is -2.07. The third-order valence-electron chi connectivity index (χ3n) is 3.50. The number of benzene rings is 2. The van der Waals surface area contributed by atoms with E-state index in [2.05, 4.69) is 41.4 Å². The molecule has 0 saturated heterocycles. The van der Waals surface area contributed by atoms with Crippen LogP contribution in [0, 0.1) is 0 Å². The second kappa shape index (κ2) is 7.79. The number of carbonyl (C=O) groups is 1. The van der Waals surface area contributed by atoms with Crippen molar-refractivity contribution in [2.45, 2.75) is 6.42 Å². The van der Waals surface area contributed by atoms with Crippen LogP contribution < -0.4 is 11.2 Å². The quantitative estimate of drug-likeness (QED) is 0.433. The summed E-state index contributed by atoms with van der Waals surface area (Å²) in [6.07, 6.45) is 2.02. The van der Waals surface area contributed by atoms with Crippen LogP contribution in [-0.4, -0.2) is 27.5 Å². The van der Waals surface area contributed by atoms with Crippen LogP contribution in [0.1, 0.15) is 27.2 Å². The highest BCUT2D eigenvalue weighted by molar-refractivity contribution is 9.10. The molecule has 0 atom stereocenters. The minimum absolute atomic E-state index is 0.0161. The van der Waals surface area contributed by atoms with E-state index in [1.54, 1.807) is 6.07 Å². The van der Waals surface area contributed by atoms with Crippen LogP contribution in [0.4, 0.5) is 5.82 Å². The second-order valence-corrected chi connectivity index (χ2v) is 6.23. The Kier molecular flexibility index (Phi) is 5.28. The lowest BCUT2D eigenvalue weighted by atomic mass is 10.0. The van der Waals surface area contributed by atoms with E-state index in [1.165, 1.54) is 6.21 Å². The molecule has 0 saturated carbocycles. The van der Waals surface area contributed by atoms with Crippen molar-refractivity contribution in [3.63, 3.8) is 0 Å². The molecule has 4 N–H and O–H groups in total. The van der Waals surface area contributed by atoms with Crippen molar-refractivity contribution < 1.29 is 14.5 Å². The van der Waals surface area contributed by atoms with Gasteiger partial charge in [-0.15, -0.1) is 0 Å². The molecular formula is C17H14BrN5O3. The van der Waals surface area contributed by atoms with Gasteiger partial charge >= 0.3 is 0 Å². The fourth-order valence-electron chi connectivity index (χ4n) is 2.28. The normalized spacial score (nSPS) is 11.0. The van der Waals surface area contributed by atoms with Gasteiger partial charge in [0.2, 0.25) is 11.5 Å². The largest absolute Gasteiger partial charge is 0.506 e. The number of nitrogens with zero attached hydrogens (tertiary/aromatic N) is 3. The Hall–Kier alpha value is -3.20. The van der Waals surface area contributed by atoms with Gasteiger partial charge in [-0.2, -0.15) is 5.10 Å². The molecule has 132 valence electrons. The average Bonchev–Trinajstić information content (AvgIpc) is 3.06. The zero-order chi connectivity index (χ0) is 18.5. The van der Waals surface area contributed by atoms with Crippen LogP contribution in [0.3, 0.4) is 0 Å². The molecule has 9 heteroatoms. The van der Waals surface area contributed by atoms with Gasteiger partial charge in [0, 0.05) is 5.56 Å². The lowest BCUT2D eigenvalue weighted by Crippen LogP contribution is -2.19. The summed E-state index contributed by atoms with van der Waals surface area (Å²) in [6.45, 7) is 0. The molecule has 26 heavy (non-hydrogen) atoms. The number of hydrogen-bond acceptors (Lipinski definition) is 7. The van der Waals surface area contributed by atoms with Crippen LogP contribution in [0.5, 0.6) is 5.75 Å². The first-order valence-electron chi connectivity index (χ1n) is 7.51. The highest BCUT2D eigenvalue weighted by Crippen LogP contribution is 2.29. The number of hydrogen-bond donors (Lipinski definition) is 3. The number of phenolic OH excluding ortho intramolecular Hbond substituents is 1. The molecular weight excluding hydrogens is 402 g/mol. The molecule has 3 aromatic rings. The smallest absolute Gasteiger partial charge is 0.297 e. The number of nitrogens with two attached hydrogens (primary N) is 1. The molecule has 2 aromatic carbocycles. The summed E-state index contributed by atoms with van der Waals surface area (Å²) in [5.74, 6) is -0.783.